The lowest BCUT2D eigenvalue weighted by atomic mass is 10.1. The van der Waals surface area contributed by atoms with Gasteiger partial charge in [0.2, 0.25) is 0 Å². The maximum absolute atomic E-state index is 13.1. The number of rotatable bonds is 2. The number of hydrogen-bond donors (Lipinski definition) is 0. The second-order valence-electron chi connectivity index (χ2n) is 7.01. The lowest BCUT2D eigenvalue weighted by Gasteiger charge is -2.07. The van der Waals surface area contributed by atoms with Crippen LogP contribution in [0, 0.1) is 12.5 Å². The van der Waals surface area contributed by atoms with E-state index in [0.29, 0.717) is 17.5 Å². The molecule has 0 unspecified atom stereocenters. The van der Waals surface area contributed by atoms with Crippen LogP contribution in [0.2, 0.25) is 10.3 Å². The molecule has 0 radical (unpaired) electrons. The van der Waals surface area contributed by atoms with Gasteiger partial charge in [0, 0.05) is 24.0 Å². The van der Waals surface area contributed by atoms with E-state index in [1.54, 1.807) is 0 Å². The van der Waals surface area contributed by atoms with Crippen molar-refractivity contribution in [3.63, 3.8) is 0 Å². The van der Waals surface area contributed by atoms with Crippen LogP contribution < -0.4 is 0 Å². The highest BCUT2D eigenvalue weighted by molar-refractivity contribution is 6.32. The van der Waals surface area contributed by atoms with Gasteiger partial charge in [0.05, 0.1) is 22.5 Å². The molecule has 4 heterocycles. The fourth-order valence-corrected chi connectivity index (χ4v) is 3.23. The number of aromatic nitrogens is 4. The van der Waals surface area contributed by atoms with Gasteiger partial charge in [-0.3, -0.25) is 9.97 Å². The normalized spacial score (nSPS) is 11.4. The van der Waals surface area contributed by atoms with Crippen LogP contribution in [0.1, 0.15) is 11.1 Å². The lowest BCUT2D eigenvalue weighted by molar-refractivity contribution is -0.138. The number of pyridine rings is 4. The molecule has 0 atom stereocenters. The molecule has 0 bridgehead atoms. The molecule has 0 saturated carbocycles. The molecule has 0 saturated heterocycles. The molecule has 4 aromatic rings. The fraction of sp³-hybridized carbons (Fsp3) is 0.0870. The van der Waals surface area contributed by atoms with E-state index in [0.717, 1.165) is 30.5 Å². The fourth-order valence-electron chi connectivity index (χ4n) is 2.77. The van der Waals surface area contributed by atoms with Crippen LogP contribution in [0.3, 0.4) is 0 Å². The molecule has 0 fully saturated rings. The van der Waals surface area contributed by atoms with Crippen molar-refractivity contribution in [1.82, 2.24) is 19.9 Å². The first kappa shape index (κ1) is 27.8. The molecule has 5 nitrogen and oxygen atoms in total. The number of alkyl halides is 6. The molecule has 14 heteroatoms. The molecule has 4 aromatic heterocycles. The summed E-state index contributed by atoms with van der Waals surface area (Å²) in [5.41, 5.74) is -0.511. The molecule has 0 aliphatic heterocycles. The van der Waals surface area contributed by atoms with Gasteiger partial charge in [0.25, 0.3) is 5.82 Å². The van der Waals surface area contributed by atoms with Crippen molar-refractivity contribution in [3.05, 3.63) is 99.7 Å². The highest BCUT2D eigenvalue weighted by Crippen LogP contribution is 2.31. The SMILES string of the molecule is FC(F)(F)c1ccc(-c2cc(Cl)nc(Cl)c2)nc1.[C-]#[N+]c1cc(-c2ccc(C(F)(F)F)cn2)cc(F)n1. The summed E-state index contributed by atoms with van der Waals surface area (Å²) in [5, 5.41) is 0.304. The summed E-state index contributed by atoms with van der Waals surface area (Å²) in [6.07, 6.45) is -7.46. The first-order chi connectivity index (χ1) is 17.3. The van der Waals surface area contributed by atoms with Crippen molar-refractivity contribution < 1.29 is 30.7 Å². The molecule has 0 aliphatic carbocycles. The van der Waals surface area contributed by atoms with E-state index in [4.69, 9.17) is 29.8 Å². The monoisotopic (exact) mass is 559 g/mol. The first-order valence-corrected chi connectivity index (χ1v) is 10.5. The Hall–Kier alpha value is -3.82. The summed E-state index contributed by atoms with van der Waals surface area (Å²) < 4.78 is 87.2. The van der Waals surface area contributed by atoms with Crippen LogP contribution in [0.4, 0.5) is 36.6 Å². The summed E-state index contributed by atoms with van der Waals surface area (Å²) in [7, 11) is 0. The van der Waals surface area contributed by atoms with E-state index in [1.165, 1.54) is 24.3 Å². The standard InChI is InChI=1S/C12H5F4N3.C11H5Cl2F3N2/c1-17-11-5-7(4-10(13)19-11)9-3-2-8(6-18-9)12(14,15)16;12-9-3-6(4-10(13)18-9)8-2-1-7(5-17-8)11(14,15)16/h2-6H;1-5H. The predicted molar refractivity (Wildman–Crippen MR) is 121 cm³/mol. The van der Waals surface area contributed by atoms with Gasteiger partial charge in [-0.2, -0.15) is 30.7 Å². The van der Waals surface area contributed by atoms with E-state index in [2.05, 4.69) is 24.8 Å². The highest BCUT2D eigenvalue weighted by atomic mass is 35.5. The zero-order valence-electron chi connectivity index (χ0n) is 17.9. The maximum atomic E-state index is 13.1. The third-order valence-corrected chi connectivity index (χ3v) is 4.82. The molecule has 0 amide bonds. The van der Waals surface area contributed by atoms with Crippen LogP contribution in [0.5, 0.6) is 0 Å². The molecule has 0 N–H and O–H groups in total. The molecule has 0 aliphatic rings. The van der Waals surface area contributed by atoms with E-state index >= 15 is 0 Å². The number of hydrogen-bond acceptors (Lipinski definition) is 4. The summed E-state index contributed by atoms with van der Waals surface area (Å²) in [6.45, 7) is 6.74. The molecule has 0 aromatic carbocycles. The van der Waals surface area contributed by atoms with Gasteiger partial charge in [-0.25, -0.2) is 4.98 Å². The summed E-state index contributed by atoms with van der Waals surface area (Å²) in [4.78, 5) is 17.4. The predicted octanol–water partition coefficient (Wildman–Crippen LogP) is 8.32. The zero-order valence-corrected chi connectivity index (χ0v) is 19.4. The quantitative estimate of drug-likeness (QED) is 0.141. The molecule has 0 spiro atoms. The van der Waals surface area contributed by atoms with Crippen LogP contribution in [0.15, 0.2) is 60.9 Å². The first-order valence-electron chi connectivity index (χ1n) is 9.71. The van der Waals surface area contributed by atoms with Crippen molar-refractivity contribution in [2.24, 2.45) is 0 Å². The Morgan fingerprint density at radius 2 is 1.14 bits per heavy atom. The second kappa shape index (κ2) is 11.1. The maximum Gasteiger partial charge on any atom is 0.417 e. The van der Waals surface area contributed by atoms with Crippen molar-refractivity contribution in [3.8, 4) is 22.5 Å². The van der Waals surface area contributed by atoms with Gasteiger partial charge < -0.3 is 4.85 Å². The molecular weight excluding hydrogens is 550 g/mol. The van der Waals surface area contributed by atoms with Gasteiger partial charge in [0.15, 0.2) is 0 Å². The van der Waals surface area contributed by atoms with E-state index in [-0.39, 0.29) is 27.4 Å². The van der Waals surface area contributed by atoms with Crippen molar-refractivity contribution in [2.45, 2.75) is 12.4 Å². The minimum Gasteiger partial charge on any atom is -0.361 e. The van der Waals surface area contributed by atoms with E-state index in [1.807, 2.05) is 0 Å². The largest absolute Gasteiger partial charge is 0.417 e. The summed E-state index contributed by atoms with van der Waals surface area (Å²) in [5.74, 6) is -1.07. The molecule has 190 valence electrons. The van der Waals surface area contributed by atoms with Crippen LogP contribution in [-0.2, 0) is 12.4 Å². The highest BCUT2D eigenvalue weighted by Gasteiger charge is 2.31. The van der Waals surface area contributed by atoms with Crippen molar-refractivity contribution >= 4 is 29.0 Å². The average molecular weight is 560 g/mol. The van der Waals surface area contributed by atoms with Gasteiger partial charge >= 0.3 is 18.3 Å². The number of nitrogens with zero attached hydrogens (tertiary/aromatic N) is 5. The second-order valence-corrected chi connectivity index (χ2v) is 7.78. The van der Waals surface area contributed by atoms with Crippen LogP contribution in [0.25, 0.3) is 27.4 Å². The van der Waals surface area contributed by atoms with Crippen molar-refractivity contribution in [1.29, 1.82) is 0 Å². The third-order valence-electron chi connectivity index (χ3n) is 4.43. The molecular formula is C23H10Cl2F7N5. The van der Waals surface area contributed by atoms with Gasteiger partial charge in [-0.05, 0) is 48.0 Å². The smallest absolute Gasteiger partial charge is 0.361 e. The summed E-state index contributed by atoms with van der Waals surface area (Å²) in [6, 6.07) is 9.38. The Labute approximate surface area is 214 Å². The Balaban J connectivity index is 0.000000206. The van der Waals surface area contributed by atoms with E-state index in [9.17, 15) is 30.7 Å². The topological polar surface area (TPSA) is 55.9 Å². The third kappa shape index (κ3) is 7.58. The van der Waals surface area contributed by atoms with Gasteiger partial charge in [0.1, 0.15) is 10.3 Å². The van der Waals surface area contributed by atoms with Crippen LogP contribution >= 0.6 is 23.2 Å². The Kier molecular flexibility index (Phi) is 8.30. The lowest BCUT2D eigenvalue weighted by Crippen LogP contribution is -2.05. The van der Waals surface area contributed by atoms with Crippen LogP contribution in [-0.4, -0.2) is 19.9 Å². The minimum absolute atomic E-state index is 0.138. The molecule has 37 heavy (non-hydrogen) atoms. The Morgan fingerprint density at radius 1 is 0.676 bits per heavy atom. The van der Waals surface area contributed by atoms with Gasteiger partial charge in [-0.1, -0.05) is 34.8 Å². The average Bonchev–Trinajstić information content (AvgIpc) is 2.82. The summed E-state index contributed by atoms with van der Waals surface area (Å²) >= 11 is 11.4. The Morgan fingerprint density at radius 3 is 1.51 bits per heavy atom. The number of halogens is 9. The minimum atomic E-state index is -4.48. The Bertz CT molecular complexity index is 1410. The van der Waals surface area contributed by atoms with Gasteiger partial charge in [-0.15, -0.1) is 0 Å². The van der Waals surface area contributed by atoms with E-state index < -0.39 is 29.4 Å². The molecule has 4 rings (SSSR count). The zero-order chi connectivity index (χ0) is 27.4. The van der Waals surface area contributed by atoms with Crippen molar-refractivity contribution in [2.75, 3.05) is 0 Å².